The Bertz CT molecular complexity index is 651. The lowest BCUT2D eigenvalue weighted by molar-refractivity contribution is 0.164. The zero-order valence-corrected chi connectivity index (χ0v) is 15.3. The molecule has 2 bridgehead atoms. The molecule has 0 radical (unpaired) electrons. The van der Waals surface area contributed by atoms with Crippen molar-refractivity contribution in [1.82, 2.24) is 5.01 Å². The number of allylic oxidation sites excluding steroid dienone is 2. The predicted octanol–water partition coefficient (Wildman–Crippen LogP) is 5.56. The van der Waals surface area contributed by atoms with Gasteiger partial charge >= 0.3 is 0 Å². The molecule has 0 N–H and O–H groups in total. The molecule has 4 atom stereocenters. The Morgan fingerprint density at radius 2 is 1.54 bits per heavy atom. The Hall–Kier alpha value is -1.64. The summed E-state index contributed by atoms with van der Waals surface area (Å²) >= 11 is 0. The molecule has 0 aliphatic heterocycles. The zero-order valence-electron chi connectivity index (χ0n) is 15.3. The lowest BCUT2D eigenvalue weighted by Gasteiger charge is -2.43. The molecule has 1 aromatic rings. The third kappa shape index (κ3) is 2.40. The van der Waals surface area contributed by atoms with Gasteiger partial charge in [-0.3, -0.25) is 5.01 Å². The van der Waals surface area contributed by atoms with Gasteiger partial charge in [0.2, 0.25) is 0 Å². The summed E-state index contributed by atoms with van der Waals surface area (Å²) in [6.45, 7) is 8.75. The SMILES string of the molecule is CC(C)N(N=NC1=C(c2ccccc2)C2C1C1CC[C@H]2C1)C(C)C. The van der Waals surface area contributed by atoms with Crippen LogP contribution in [0.2, 0.25) is 0 Å². The van der Waals surface area contributed by atoms with Gasteiger partial charge in [-0.1, -0.05) is 35.6 Å². The van der Waals surface area contributed by atoms with Crippen molar-refractivity contribution in [2.45, 2.75) is 59.0 Å². The summed E-state index contributed by atoms with van der Waals surface area (Å²) in [4.78, 5) is 0. The van der Waals surface area contributed by atoms with Gasteiger partial charge in [-0.05, 0) is 75.8 Å². The molecule has 0 heterocycles. The Labute approximate surface area is 145 Å². The smallest absolute Gasteiger partial charge is 0.0728 e. The maximum atomic E-state index is 4.82. The second kappa shape index (κ2) is 6.02. The Morgan fingerprint density at radius 3 is 2.17 bits per heavy atom. The van der Waals surface area contributed by atoms with Gasteiger partial charge in [0.1, 0.15) is 0 Å². The molecule has 0 aromatic heterocycles. The lowest BCUT2D eigenvalue weighted by atomic mass is 9.62. The van der Waals surface area contributed by atoms with Crippen molar-refractivity contribution in [2.75, 3.05) is 0 Å². The van der Waals surface area contributed by atoms with Crippen LogP contribution >= 0.6 is 0 Å². The van der Waals surface area contributed by atoms with Gasteiger partial charge in [0, 0.05) is 18.0 Å². The summed E-state index contributed by atoms with van der Waals surface area (Å²) in [5.41, 5.74) is 4.13. The Kier molecular flexibility index (Phi) is 3.98. The highest BCUT2D eigenvalue weighted by Gasteiger charge is 2.57. The van der Waals surface area contributed by atoms with Gasteiger partial charge in [0.05, 0.1) is 5.70 Å². The fraction of sp³-hybridized carbons (Fsp3) is 0.619. The van der Waals surface area contributed by atoms with Crippen LogP contribution in [0.5, 0.6) is 0 Å². The largest absolute Gasteiger partial charge is 0.274 e. The van der Waals surface area contributed by atoms with Gasteiger partial charge in [0.15, 0.2) is 0 Å². The molecule has 4 rings (SSSR count). The first-order valence-electron chi connectivity index (χ1n) is 9.57. The van der Waals surface area contributed by atoms with Crippen LogP contribution in [0.15, 0.2) is 46.4 Å². The van der Waals surface area contributed by atoms with E-state index in [1.165, 1.54) is 36.1 Å². The second-order valence-electron chi connectivity index (χ2n) is 8.31. The van der Waals surface area contributed by atoms with Crippen molar-refractivity contribution < 1.29 is 0 Å². The van der Waals surface area contributed by atoms with Crippen molar-refractivity contribution >= 4 is 5.57 Å². The molecule has 2 saturated carbocycles. The van der Waals surface area contributed by atoms with Crippen LogP contribution < -0.4 is 0 Å². The fourth-order valence-electron chi connectivity index (χ4n) is 5.34. The van der Waals surface area contributed by atoms with Crippen molar-refractivity contribution in [3.63, 3.8) is 0 Å². The first kappa shape index (κ1) is 15.9. The van der Waals surface area contributed by atoms with Gasteiger partial charge in [-0.25, -0.2) is 0 Å². The van der Waals surface area contributed by atoms with Crippen molar-refractivity contribution in [3.8, 4) is 0 Å². The van der Waals surface area contributed by atoms with E-state index >= 15 is 0 Å². The Balaban J connectivity index is 1.70. The molecule has 2 fully saturated rings. The molecule has 3 heteroatoms. The maximum absolute atomic E-state index is 4.82. The zero-order chi connectivity index (χ0) is 16.8. The molecule has 3 aliphatic rings. The Morgan fingerprint density at radius 1 is 0.917 bits per heavy atom. The summed E-state index contributed by atoms with van der Waals surface area (Å²) in [6.07, 6.45) is 4.21. The molecule has 0 spiro atoms. The number of benzene rings is 1. The highest BCUT2D eigenvalue weighted by molar-refractivity contribution is 5.78. The summed E-state index contributed by atoms with van der Waals surface area (Å²) in [7, 11) is 0. The molecular weight excluding hydrogens is 294 g/mol. The quantitative estimate of drug-likeness (QED) is 0.515. The van der Waals surface area contributed by atoms with E-state index in [1.807, 2.05) is 0 Å². The molecule has 128 valence electrons. The van der Waals surface area contributed by atoms with E-state index in [0.29, 0.717) is 18.0 Å². The van der Waals surface area contributed by atoms with E-state index in [4.69, 9.17) is 5.11 Å². The van der Waals surface area contributed by atoms with Gasteiger partial charge in [0.25, 0.3) is 0 Å². The molecule has 24 heavy (non-hydrogen) atoms. The monoisotopic (exact) mass is 323 g/mol. The lowest BCUT2D eigenvalue weighted by Crippen LogP contribution is -2.35. The average Bonchev–Trinajstić information content (AvgIpc) is 3.10. The van der Waals surface area contributed by atoms with Crippen LogP contribution in [-0.4, -0.2) is 17.1 Å². The minimum absolute atomic E-state index is 0.380. The maximum Gasteiger partial charge on any atom is 0.0728 e. The van der Waals surface area contributed by atoms with Crippen LogP contribution in [0.3, 0.4) is 0 Å². The molecule has 3 unspecified atom stereocenters. The van der Waals surface area contributed by atoms with E-state index in [9.17, 15) is 0 Å². The van der Waals surface area contributed by atoms with E-state index in [-0.39, 0.29) is 0 Å². The van der Waals surface area contributed by atoms with Crippen molar-refractivity contribution in [1.29, 1.82) is 0 Å². The van der Waals surface area contributed by atoms with Crippen molar-refractivity contribution in [2.24, 2.45) is 34.0 Å². The van der Waals surface area contributed by atoms with Gasteiger partial charge < -0.3 is 0 Å². The standard InChI is InChI=1S/C21H29N3/c1-13(2)24(14(3)4)23-22-21-19(15-8-6-5-7-9-15)18-16-10-11-17(12-16)20(18)21/h5-9,13-14,16-18,20H,10-12H2,1-4H3/t16-,17?,18?,20?/m0/s1. The number of rotatable bonds is 5. The average molecular weight is 323 g/mol. The van der Waals surface area contributed by atoms with Gasteiger partial charge in [-0.15, -0.1) is 5.11 Å². The fourth-order valence-corrected chi connectivity index (χ4v) is 5.34. The number of nitrogens with zero attached hydrogens (tertiary/aromatic N) is 3. The van der Waals surface area contributed by atoms with Crippen LogP contribution in [-0.2, 0) is 0 Å². The van der Waals surface area contributed by atoms with E-state index in [1.54, 1.807) is 0 Å². The summed E-state index contributed by atoms with van der Waals surface area (Å²) < 4.78 is 0. The molecule has 1 aromatic carbocycles. The molecule has 0 amide bonds. The highest BCUT2D eigenvalue weighted by atomic mass is 15.6. The number of hydrogen-bond donors (Lipinski definition) is 0. The topological polar surface area (TPSA) is 28.0 Å². The summed E-state index contributed by atoms with van der Waals surface area (Å²) in [5, 5.41) is 11.6. The van der Waals surface area contributed by atoms with E-state index in [0.717, 1.165) is 17.8 Å². The number of fused-ring (bicyclic) bond motifs is 5. The van der Waals surface area contributed by atoms with E-state index < -0.39 is 0 Å². The third-order valence-corrected chi connectivity index (χ3v) is 6.24. The highest BCUT2D eigenvalue weighted by Crippen LogP contribution is 2.66. The first-order chi connectivity index (χ1) is 11.6. The minimum atomic E-state index is 0.380. The first-order valence-corrected chi connectivity index (χ1v) is 9.57. The van der Waals surface area contributed by atoms with Crippen LogP contribution in [0.1, 0.15) is 52.5 Å². The van der Waals surface area contributed by atoms with Crippen LogP contribution in [0, 0.1) is 23.7 Å². The van der Waals surface area contributed by atoms with Crippen molar-refractivity contribution in [3.05, 3.63) is 41.6 Å². The number of hydrogen-bond acceptors (Lipinski definition) is 2. The minimum Gasteiger partial charge on any atom is -0.274 e. The van der Waals surface area contributed by atoms with Crippen LogP contribution in [0.25, 0.3) is 5.57 Å². The third-order valence-electron chi connectivity index (χ3n) is 6.24. The molecule has 3 aliphatic carbocycles. The molecule has 3 nitrogen and oxygen atoms in total. The predicted molar refractivity (Wildman–Crippen MR) is 98.1 cm³/mol. The second-order valence-corrected chi connectivity index (χ2v) is 8.31. The van der Waals surface area contributed by atoms with E-state index in [2.05, 4.69) is 68.3 Å². The summed E-state index contributed by atoms with van der Waals surface area (Å²) in [5.74, 6) is 3.16. The molecular formula is C21H29N3. The normalized spacial score (nSPS) is 31.2. The molecule has 0 saturated heterocycles. The van der Waals surface area contributed by atoms with Gasteiger partial charge in [-0.2, -0.15) is 0 Å². The summed E-state index contributed by atoms with van der Waals surface area (Å²) in [6, 6.07) is 11.6. The van der Waals surface area contributed by atoms with Crippen LogP contribution in [0.4, 0.5) is 0 Å².